The summed E-state index contributed by atoms with van der Waals surface area (Å²) in [5.74, 6) is 0.270. The number of hydrogen-bond acceptors (Lipinski definition) is 11. The molecule has 7 rings (SSSR count). The van der Waals surface area contributed by atoms with Gasteiger partial charge in [-0.3, -0.25) is 9.59 Å². The van der Waals surface area contributed by atoms with Crippen LogP contribution in [0.3, 0.4) is 0 Å². The van der Waals surface area contributed by atoms with Gasteiger partial charge in [0.05, 0.1) is 28.5 Å². The van der Waals surface area contributed by atoms with E-state index in [0.29, 0.717) is 33.0 Å². The lowest BCUT2D eigenvalue weighted by molar-refractivity contribution is -0.277. The van der Waals surface area contributed by atoms with Crippen molar-refractivity contribution in [2.75, 3.05) is 6.61 Å². The number of aliphatic hydroxyl groups is 4. The van der Waals surface area contributed by atoms with Crippen molar-refractivity contribution in [1.82, 2.24) is 0 Å². The van der Waals surface area contributed by atoms with Gasteiger partial charge in [0.15, 0.2) is 10.9 Å². The summed E-state index contributed by atoms with van der Waals surface area (Å²) in [7, 11) is 0. The van der Waals surface area contributed by atoms with Crippen LogP contribution in [0.5, 0.6) is 11.5 Å². The van der Waals surface area contributed by atoms with Gasteiger partial charge in [-0.15, -0.1) is 0 Å². The molecular weight excluding hydrogens is 608 g/mol. The zero-order valence-corrected chi connectivity index (χ0v) is 24.7. The molecule has 5 N–H and O–H groups in total. The standard InChI is InChI=1S/C21H20O9.C15H10O2/c22-8-16-18(25)19(26)20(27)21(30-16)29-12-5-6-13-15(7-12)28-9-14(17(13)24)10-1-3-11(23)4-2-10;16-15-12-8-4-5-9-14(12)17-10-13(15)11-6-2-1-3-7-11/h1-7,9,16,18-23,25-27H,8H2;1-10H/t16?,18-,19+,20?,21-;/m1./s1. The highest BCUT2D eigenvalue weighted by molar-refractivity contribution is 5.83. The smallest absolute Gasteiger partial charge is 0.229 e. The predicted octanol–water partition coefficient (Wildman–Crippen LogP) is 3.80. The Balaban J connectivity index is 0.000000191. The van der Waals surface area contributed by atoms with Crippen LogP contribution in [0.1, 0.15) is 0 Å². The van der Waals surface area contributed by atoms with Crippen LogP contribution in [0.25, 0.3) is 44.2 Å². The molecule has 240 valence electrons. The number of rotatable bonds is 5. The molecule has 0 amide bonds. The van der Waals surface area contributed by atoms with Crippen molar-refractivity contribution in [2.45, 2.75) is 30.7 Å². The maximum absolute atomic E-state index is 12.8. The van der Waals surface area contributed by atoms with Gasteiger partial charge in [-0.1, -0.05) is 54.6 Å². The molecule has 4 aromatic carbocycles. The lowest BCUT2D eigenvalue weighted by atomic mass is 9.99. The highest BCUT2D eigenvalue weighted by atomic mass is 16.7. The van der Waals surface area contributed by atoms with E-state index in [4.69, 9.17) is 18.3 Å². The van der Waals surface area contributed by atoms with Gasteiger partial charge in [-0.05, 0) is 47.5 Å². The van der Waals surface area contributed by atoms with Crippen LogP contribution in [0.2, 0.25) is 0 Å². The monoisotopic (exact) mass is 638 g/mol. The minimum Gasteiger partial charge on any atom is -0.508 e. The van der Waals surface area contributed by atoms with E-state index in [0.717, 1.165) is 5.56 Å². The highest BCUT2D eigenvalue weighted by Crippen LogP contribution is 2.28. The van der Waals surface area contributed by atoms with Crippen LogP contribution in [0.15, 0.2) is 128 Å². The molecule has 47 heavy (non-hydrogen) atoms. The van der Waals surface area contributed by atoms with Gasteiger partial charge in [0.2, 0.25) is 6.29 Å². The molecule has 0 radical (unpaired) electrons. The van der Waals surface area contributed by atoms with Gasteiger partial charge in [-0.2, -0.15) is 0 Å². The molecule has 1 aliphatic rings. The zero-order chi connectivity index (χ0) is 33.1. The number of hydrogen-bond donors (Lipinski definition) is 5. The third kappa shape index (κ3) is 6.52. The number of phenolic OH excluding ortho intramolecular Hbond substituents is 1. The molecule has 3 heterocycles. The summed E-state index contributed by atoms with van der Waals surface area (Å²) in [5, 5.41) is 49.4. The molecular formula is C36H30O11. The van der Waals surface area contributed by atoms with E-state index in [2.05, 4.69) is 0 Å². The fourth-order valence-electron chi connectivity index (χ4n) is 5.22. The Morgan fingerprint density at radius 2 is 1.23 bits per heavy atom. The SMILES string of the molecule is O=c1c(-c2ccc(O)cc2)coc2cc(O[C@@H]3OC(CO)[C@@H](O)[C@H](O)C3O)ccc12.O=c1c(-c2ccccc2)coc2ccccc12. The molecule has 0 bridgehead atoms. The molecule has 0 saturated carbocycles. The number of phenols is 1. The van der Waals surface area contributed by atoms with Crippen LogP contribution < -0.4 is 15.6 Å². The maximum atomic E-state index is 12.8. The summed E-state index contributed by atoms with van der Waals surface area (Å²) in [6.45, 7) is -0.572. The van der Waals surface area contributed by atoms with Gasteiger partial charge in [0.1, 0.15) is 59.6 Å². The van der Waals surface area contributed by atoms with E-state index in [-0.39, 0.29) is 27.9 Å². The van der Waals surface area contributed by atoms with Crippen LogP contribution in [-0.2, 0) is 4.74 Å². The van der Waals surface area contributed by atoms with Crippen molar-refractivity contribution in [1.29, 1.82) is 0 Å². The first-order valence-corrected chi connectivity index (χ1v) is 14.6. The van der Waals surface area contributed by atoms with Gasteiger partial charge in [0.25, 0.3) is 0 Å². The lowest BCUT2D eigenvalue weighted by Gasteiger charge is -2.39. The van der Waals surface area contributed by atoms with Crippen LogP contribution >= 0.6 is 0 Å². The molecule has 0 spiro atoms. The molecule has 2 aromatic heterocycles. The molecule has 1 aliphatic heterocycles. The fraction of sp³-hybridized carbons (Fsp3) is 0.167. The number of ether oxygens (including phenoxy) is 2. The summed E-state index contributed by atoms with van der Waals surface area (Å²) in [5.41, 5.74) is 2.98. The molecule has 2 unspecified atom stereocenters. The summed E-state index contributed by atoms with van der Waals surface area (Å²) >= 11 is 0. The Morgan fingerprint density at radius 3 is 1.91 bits per heavy atom. The number of benzene rings is 4. The molecule has 11 nitrogen and oxygen atoms in total. The van der Waals surface area contributed by atoms with Crippen molar-refractivity contribution < 1.29 is 43.8 Å². The second kappa shape index (κ2) is 13.6. The van der Waals surface area contributed by atoms with Crippen molar-refractivity contribution >= 4 is 21.9 Å². The molecule has 1 fully saturated rings. The van der Waals surface area contributed by atoms with E-state index in [1.807, 2.05) is 42.5 Å². The summed E-state index contributed by atoms with van der Waals surface area (Å²) in [4.78, 5) is 25.1. The van der Waals surface area contributed by atoms with E-state index < -0.39 is 37.3 Å². The van der Waals surface area contributed by atoms with E-state index in [1.54, 1.807) is 24.3 Å². The second-order valence-electron chi connectivity index (χ2n) is 10.8. The van der Waals surface area contributed by atoms with Gasteiger partial charge >= 0.3 is 0 Å². The summed E-state index contributed by atoms with van der Waals surface area (Å²) < 4.78 is 21.9. The molecule has 1 saturated heterocycles. The Labute approximate surface area is 266 Å². The number of para-hydroxylation sites is 1. The fourth-order valence-corrected chi connectivity index (χ4v) is 5.22. The normalized spacial score (nSPS) is 20.8. The molecule has 0 aliphatic carbocycles. The van der Waals surface area contributed by atoms with Crippen LogP contribution in [-0.4, -0.2) is 62.8 Å². The van der Waals surface area contributed by atoms with Gasteiger partial charge < -0.3 is 43.8 Å². The zero-order valence-electron chi connectivity index (χ0n) is 24.7. The Hall–Kier alpha value is -5.30. The Kier molecular flexibility index (Phi) is 9.16. The van der Waals surface area contributed by atoms with Crippen molar-refractivity contribution in [3.05, 3.63) is 130 Å². The third-order valence-electron chi connectivity index (χ3n) is 7.79. The molecule has 11 heteroatoms. The lowest BCUT2D eigenvalue weighted by Crippen LogP contribution is -2.60. The average Bonchev–Trinajstić information content (AvgIpc) is 3.10. The summed E-state index contributed by atoms with van der Waals surface area (Å²) in [6, 6.07) is 27.4. The third-order valence-corrected chi connectivity index (χ3v) is 7.79. The molecule has 6 aromatic rings. The average molecular weight is 639 g/mol. The minimum absolute atomic E-state index is 0.0121. The first-order valence-electron chi connectivity index (χ1n) is 14.6. The van der Waals surface area contributed by atoms with Crippen LogP contribution in [0, 0.1) is 0 Å². The quantitative estimate of drug-likeness (QED) is 0.185. The van der Waals surface area contributed by atoms with E-state index in [1.165, 1.54) is 42.9 Å². The molecule has 5 atom stereocenters. The Morgan fingerprint density at radius 1 is 0.638 bits per heavy atom. The number of aromatic hydroxyl groups is 1. The van der Waals surface area contributed by atoms with E-state index >= 15 is 0 Å². The predicted molar refractivity (Wildman–Crippen MR) is 172 cm³/mol. The first-order chi connectivity index (χ1) is 22.7. The summed E-state index contributed by atoms with van der Waals surface area (Å²) in [6.07, 6.45) is -4.22. The van der Waals surface area contributed by atoms with Crippen LogP contribution in [0.4, 0.5) is 0 Å². The van der Waals surface area contributed by atoms with Crippen molar-refractivity contribution in [3.8, 4) is 33.8 Å². The maximum Gasteiger partial charge on any atom is 0.229 e. The Bertz CT molecular complexity index is 2100. The van der Waals surface area contributed by atoms with Crippen molar-refractivity contribution in [3.63, 3.8) is 0 Å². The topological polar surface area (TPSA) is 180 Å². The number of aliphatic hydroxyl groups excluding tert-OH is 4. The minimum atomic E-state index is -1.56. The van der Waals surface area contributed by atoms with Gasteiger partial charge in [-0.25, -0.2) is 0 Å². The highest BCUT2D eigenvalue weighted by Gasteiger charge is 2.44. The first kappa shape index (κ1) is 31.7. The van der Waals surface area contributed by atoms with Crippen molar-refractivity contribution in [2.24, 2.45) is 0 Å². The number of fused-ring (bicyclic) bond motifs is 2. The van der Waals surface area contributed by atoms with E-state index in [9.17, 15) is 35.1 Å². The van der Waals surface area contributed by atoms with Gasteiger partial charge in [0, 0.05) is 6.07 Å². The largest absolute Gasteiger partial charge is 0.508 e. The second-order valence-corrected chi connectivity index (χ2v) is 10.8.